The lowest BCUT2D eigenvalue weighted by molar-refractivity contribution is 0.0949. The Kier molecular flexibility index (Phi) is 5.63. The Morgan fingerprint density at radius 2 is 1.92 bits per heavy atom. The number of benzene rings is 1. The van der Waals surface area contributed by atoms with Crippen molar-refractivity contribution in [1.29, 1.82) is 0 Å². The topological polar surface area (TPSA) is 108 Å². The summed E-state index contributed by atoms with van der Waals surface area (Å²) < 4.78 is 0. The second kappa shape index (κ2) is 7.68. The zero-order valence-electron chi connectivity index (χ0n) is 14.0. The third-order valence-corrected chi connectivity index (χ3v) is 3.72. The first-order chi connectivity index (χ1) is 11.4. The molecule has 0 radical (unpaired) electrons. The zero-order chi connectivity index (χ0) is 17.7. The highest BCUT2D eigenvalue weighted by Crippen LogP contribution is 2.26. The molecule has 0 unspecified atom stereocenters. The first-order valence-corrected chi connectivity index (χ1v) is 7.90. The maximum absolute atomic E-state index is 12.1. The summed E-state index contributed by atoms with van der Waals surface area (Å²) in [7, 11) is 0. The third-order valence-electron chi connectivity index (χ3n) is 3.72. The summed E-state index contributed by atoms with van der Waals surface area (Å²) in [4.78, 5) is 16.4. The molecule has 0 aliphatic carbocycles. The van der Waals surface area contributed by atoms with E-state index in [1.807, 2.05) is 19.1 Å². The number of rotatable bonds is 6. The van der Waals surface area contributed by atoms with E-state index in [4.69, 9.17) is 5.73 Å². The van der Waals surface area contributed by atoms with Crippen LogP contribution in [0.5, 0.6) is 11.5 Å². The van der Waals surface area contributed by atoms with Crippen LogP contribution in [0.2, 0.25) is 0 Å². The fraction of sp³-hybridized carbons (Fsp3) is 0.333. The number of hydrogen-bond donors (Lipinski definition) is 4. The van der Waals surface area contributed by atoms with Crippen molar-refractivity contribution in [3.63, 3.8) is 0 Å². The van der Waals surface area contributed by atoms with Crippen LogP contribution in [0, 0.1) is 13.8 Å². The monoisotopic (exact) mass is 329 g/mol. The van der Waals surface area contributed by atoms with Gasteiger partial charge in [-0.3, -0.25) is 4.79 Å². The van der Waals surface area contributed by atoms with Gasteiger partial charge in [0.15, 0.2) is 0 Å². The molecule has 0 saturated carbocycles. The molecule has 1 heterocycles. The van der Waals surface area contributed by atoms with Gasteiger partial charge in [-0.2, -0.15) is 0 Å². The predicted molar refractivity (Wildman–Crippen MR) is 93.2 cm³/mol. The molecule has 1 aromatic heterocycles. The number of aryl methyl sites for hydroxylation is 3. The molecule has 24 heavy (non-hydrogen) atoms. The summed E-state index contributed by atoms with van der Waals surface area (Å²) in [5, 5.41) is 22.2. The van der Waals surface area contributed by atoms with E-state index in [2.05, 4.69) is 10.3 Å². The normalized spacial score (nSPS) is 10.6. The van der Waals surface area contributed by atoms with Crippen LogP contribution in [0.4, 0.5) is 5.82 Å². The average Bonchev–Trinajstić information content (AvgIpc) is 2.49. The van der Waals surface area contributed by atoms with Crippen molar-refractivity contribution in [3.05, 3.63) is 46.6 Å². The standard InChI is InChI=1S/C18H23N3O3/c1-11-7-13(21-16(19)8-11)5-3-4-6-20-18(24)15-10-14(22)9-12(2)17(15)23/h7-10,22-23H,3-6H2,1-2H3,(H2,19,21)(H,20,24). The Balaban J connectivity index is 1.81. The van der Waals surface area contributed by atoms with Crippen molar-refractivity contribution in [2.45, 2.75) is 33.1 Å². The van der Waals surface area contributed by atoms with Gasteiger partial charge in [0.2, 0.25) is 0 Å². The van der Waals surface area contributed by atoms with Crippen LogP contribution in [0.15, 0.2) is 24.3 Å². The summed E-state index contributed by atoms with van der Waals surface area (Å²) in [6, 6.07) is 6.50. The molecule has 128 valence electrons. The Morgan fingerprint density at radius 3 is 2.62 bits per heavy atom. The number of nitrogens with two attached hydrogens (primary N) is 1. The number of nitrogens with zero attached hydrogens (tertiary/aromatic N) is 1. The number of amides is 1. The van der Waals surface area contributed by atoms with Crippen molar-refractivity contribution >= 4 is 11.7 Å². The number of phenolic OH excluding ortho intramolecular Hbond substituents is 2. The largest absolute Gasteiger partial charge is 0.508 e. The number of unbranched alkanes of at least 4 members (excludes halogenated alkanes) is 1. The molecule has 0 atom stereocenters. The molecular weight excluding hydrogens is 306 g/mol. The van der Waals surface area contributed by atoms with Crippen LogP contribution in [-0.4, -0.2) is 27.6 Å². The quantitative estimate of drug-likeness (QED) is 0.481. The number of pyridine rings is 1. The van der Waals surface area contributed by atoms with Crippen molar-refractivity contribution < 1.29 is 15.0 Å². The van der Waals surface area contributed by atoms with Crippen LogP contribution in [0.1, 0.15) is 40.0 Å². The summed E-state index contributed by atoms with van der Waals surface area (Å²) in [5.41, 5.74) is 8.29. The van der Waals surface area contributed by atoms with Crippen LogP contribution in [-0.2, 0) is 6.42 Å². The minimum absolute atomic E-state index is 0.0430. The smallest absolute Gasteiger partial charge is 0.255 e. The molecule has 6 heteroatoms. The van der Waals surface area contributed by atoms with Crippen molar-refractivity contribution in [2.24, 2.45) is 0 Å². The maximum atomic E-state index is 12.1. The number of nitrogen functional groups attached to an aromatic ring is 1. The van der Waals surface area contributed by atoms with E-state index in [-0.39, 0.29) is 17.1 Å². The SMILES string of the molecule is Cc1cc(N)nc(CCCCNC(=O)c2cc(O)cc(C)c2O)c1. The van der Waals surface area contributed by atoms with E-state index >= 15 is 0 Å². The lowest BCUT2D eigenvalue weighted by Gasteiger charge is -2.09. The van der Waals surface area contributed by atoms with Gasteiger partial charge in [0.1, 0.15) is 17.3 Å². The van der Waals surface area contributed by atoms with E-state index < -0.39 is 5.91 Å². The number of phenols is 2. The van der Waals surface area contributed by atoms with Gasteiger partial charge in [0.25, 0.3) is 5.91 Å². The van der Waals surface area contributed by atoms with E-state index in [1.54, 1.807) is 6.92 Å². The summed E-state index contributed by atoms with van der Waals surface area (Å²) >= 11 is 0. The molecule has 2 aromatic rings. The average molecular weight is 329 g/mol. The van der Waals surface area contributed by atoms with E-state index in [1.165, 1.54) is 12.1 Å². The van der Waals surface area contributed by atoms with Gasteiger partial charge in [-0.1, -0.05) is 0 Å². The molecule has 2 rings (SSSR count). The second-order valence-electron chi connectivity index (χ2n) is 5.93. The third kappa shape index (κ3) is 4.62. The number of aromatic nitrogens is 1. The molecule has 0 fully saturated rings. The van der Waals surface area contributed by atoms with Crippen molar-refractivity contribution in [2.75, 3.05) is 12.3 Å². The molecule has 0 aliphatic rings. The Morgan fingerprint density at radius 1 is 1.17 bits per heavy atom. The van der Waals surface area contributed by atoms with Gasteiger partial charge in [-0.05, 0) is 68.5 Å². The Bertz CT molecular complexity index is 724. The minimum Gasteiger partial charge on any atom is -0.508 e. The molecule has 0 bridgehead atoms. The number of nitrogens with one attached hydrogen (secondary N) is 1. The zero-order valence-corrected chi connectivity index (χ0v) is 14.0. The molecule has 5 N–H and O–H groups in total. The summed E-state index contributed by atoms with van der Waals surface area (Å²) in [6.07, 6.45) is 2.43. The fourth-order valence-electron chi connectivity index (χ4n) is 2.56. The predicted octanol–water partition coefficient (Wildman–Crippen LogP) is 2.44. The van der Waals surface area contributed by atoms with Gasteiger partial charge >= 0.3 is 0 Å². The number of hydrogen-bond acceptors (Lipinski definition) is 5. The van der Waals surface area contributed by atoms with Gasteiger partial charge in [-0.25, -0.2) is 4.98 Å². The number of aromatic hydroxyl groups is 2. The highest BCUT2D eigenvalue weighted by Gasteiger charge is 2.14. The number of carbonyl (C=O) groups is 1. The van der Waals surface area contributed by atoms with E-state index in [0.29, 0.717) is 17.9 Å². The van der Waals surface area contributed by atoms with Gasteiger partial charge in [-0.15, -0.1) is 0 Å². The highest BCUT2D eigenvalue weighted by atomic mass is 16.3. The fourth-order valence-corrected chi connectivity index (χ4v) is 2.56. The van der Waals surface area contributed by atoms with Gasteiger partial charge in [0, 0.05) is 12.2 Å². The first kappa shape index (κ1) is 17.6. The second-order valence-corrected chi connectivity index (χ2v) is 5.93. The van der Waals surface area contributed by atoms with Crippen molar-refractivity contribution in [1.82, 2.24) is 10.3 Å². The molecule has 6 nitrogen and oxygen atoms in total. The van der Waals surface area contributed by atoms with Crippen LogP contribution < -0.4 is 11.1 Å². The minimum atomic E-state index is -0.399. The maximum Gasteiger partial charge on any atom is 0.255 e. The lowest BCUT2D eigenvalue weighted by atomic mass is 10.1. The number of carbonyl (C=O) groups excluding carboxylic acids is 1. The summed E-state index contributed by atoms with van der Waals surface area (Å²) in [5.74, 6) is -0.0271. The van der Waals surface area contributed by atoms with Crippen LogP contribution in [0.3, 0.4) is 0 Å². The molecule has 1 aromatic carbocycles. The van der Waals surface area contributed by atoms with Crippen molar-refractivity contribution in [3.8, 4) is 11.5 Å². The van der Waals surface area contributed by atoms with E-state index in [9.17, 15) is 15.0 Å². The van der Waals surface area contributed by atoms with Crippen LogP contribution in [0.25, 0.3) is 0 Å². The molecular formula is C18H23N3O3. The molecule has 0 aliphatic heterocycles. The van der Waals surface area contributed by atoms with Crippen LogP contribution >= 0.6 is 0 Å². The molecule has 0 saturated heterocycles. The molecule has 1 amide bonds. The lowest BCUT2D eigenvalue weighted by Crippen LogP contribution is -2.24. The van der Waals surface area contributed by atoms with Gasteiger partial charge in [0.05, 0.1) is 5.56 Å². The number of anilines is 1. The van der Waals surface area contributed by atoms with E-state index in [0.717, 1.165) is 30.5 Å². The summed E-state index contributed by atoms with van der Waals surface area (Å²) in [6.45, 7) is 4.09. The van der Waals surface area contributed by atoms with Gasteiger partial charge < -0.3 is 21.3 Å². The molecule has 0 spiro atoms. The Hall–Kier alpha value is -2.76. The Labute approximate surface area is 141 Å². The highest BCUT2D eigenvalue weighted by molar-refractivity contribution is 5.97. The first-order valence-electron chi connectivity index (χ1n) is 7.90.